The highest BCUT2D eigenvalue weighted by molar-refractivity contribution is 7.99. The van der Waals surface area contributed by atoms with Crippen LogP contribution in [0.1, 0.15) is 31.4 Å². The van der Waals surface area contributed by atoms with Gasteiger partial charge in [-0.25, -0.2) is 4.39 Å². The highest BCUT2D eigenvalue weighted by atomic mass is 35.5. The van der Waals surface area contributed by atoms with Crippen LogP contribution < -0.4 is 5.32 Å². The third-order valence-corrected chi connectivity index (χ3v) is 5.79. The number of carbonyl (C=O) groups is 2. The average molecular weight is 437 g/mol. The van der Waals surface area contributed by atoms with Crippen molar-refractivity contribution < 1.29 is 14.0 Å². The first-order valence-electron chi connectivity index (χ1n) is 9.55. The van der Waals surface area contributed by atoms with E-state index in [1.54, 1.807) is 25.1 Å². The zero-order valence-corrected chi connectivity index (χ0v) is 18.2. The Morgan fingerprint density at radius 1 is 1.14 bits per heavy atom. The van der Waals surface area contributed by atoms with E-state index in [-0.39, 0.29) is 24.1 Å². The summed E-state index contributed by atoms with van der Waals surface area (Å²) in [7, 11) is 0. The Hall–Kier alpha value is -2.05. The maximum atomic E-state index is 14.1. The monoisotopic (exact) mass is 436 g/mol. The number of benzene rings is 2. The van der Waals surface area contributed by atoms with Crippen molar-refractivity contribution in [2.24, 2.45) is 0 Å². The van der Waals surface area contributed by atoms with Gasteiger partial charge < -0.3 is 10.2 Å². The minimum Gasteiger partial charge on any atom is -0.354 e. The fraction of sp³-hybridized carbons (Fsp3) is 0.364. The van der Waals surface area contributed by atoms with Crippen molar-refractivity contribution in [1.82, 2.24) is 10.2 Å². The molecule has 0 aliphatic heterocycles. The van der Waals surface area contributed by atoms with Gasteiger partial charge in [0, 0.05) is 29.4 Å². The van der Waals surface area contributed by atoms with Crippen LogP contribution in [0.5, 0.6) is 0 Å². The zero-order valence-electron chi connectivity index (χ0n) is 16.7. The van der Waals surface area contributed by atoms with Gasteiger partial charge in [-0.2, -0.15) is 0 Å². The van der Waals surface area contributed by atoms with E-state index in [4.69, 9.17) is 11.6 Å². The quantitative estimate of drug-likeness (QED) is 0.589. The number of nitrogens with one attached hydrogen (secondary N) is 1. The molecule has 0 saturated carbocycles. The van der Waals surface area contributed by atoms with Crippen molar-refractivity contribution in [2.45, 2.75) is 38.6 Å². The van der Waals surface area contributed by atoms with E-state index >= 15 is 0 Å². The highest BCUT2D eigenvalue weighted by Gasteiger charge is 2.26. The second kappa shape index (κ2) is 11.8. The molecule has 0 unspecified atom stereocenters. The molecule has 0 aliphatic carbocycles. The normalized spacial score (nSPS) is 11.7. The van der Waals surface area contributed by atoms with Gasteiger partial charge in [-0.05, 0) is 31.0 Å². The lowest BCUT2D eigenvalue weighted by atomic mass is 10.1. The van der Waals surface area contributed by atoms with E-state index < -0.39 is 11.9 Å². The average Bonchev–Trinajstić information content (AvgIpc) is 2.72. The number of hydrogen-bond donors (Lipinski definition) is 1. The van der Waals surface area contributed by atoms with Crippen molar-refractivity contribution in [1.29, 1.82) is 0 Å². The predicted octanol–water partition coefficient (Wildman–Crippen LogP) is 4.66. The van der Waals surface area contributed by atoms with E-state index in [0.29, 0.717) is 22.9 Å². The lowest BCUT2D eigenvalue weighted by Crippen LogP contribution is -2.48. The molecule has 4 nitrogen and oxygen atoms in total. The molecule has 156 valence electrons. The Balaban J connectivity index is 2.08. The molecule has 0 saturated heterocycles. The molecule has 1 N–H and O–H groups in total. The Labute approximate surface area is 180 Å². The smallest absolute Gasteiger partial charge is 0.242 e. The fourth-order valence-corrected chi connectivity index (χ4v) is 3.93. The second-order valence-corrected chi connectivity index (χ2v) is 8.06. The fourth-order valence-electron chi connectivity index (χ4n) is 2.74. The molecule has 0 spiro atoms. The van der Waals surface area contributed by atoms with Gasteiger partial charge in [0.15, 0.2) is 0 Å². The van der Waals surface area contributed by atoms with Gasteiger partial charge in [-0.1, -0.05) is 54.9 Å². The van der Waals surface area contributed by atoms with Gasteiger partial charge >= 0.3 is 0 Å². The van der Waals surface area contributed by atoms with Gasteiger partial charge in [-0.3, -0.25) is 9.59 Å². The summed E-state index contributed by atoms with van der Waals surface area (Å²) in [5.74, 6) is -0.104. The van der Waals surface area contributed by atoms with E-state index in [1.165, 1.54) is 22.7 Å². The van der Waals surface area contributed by atoms with Crippen LogP contribution in [0.2, 0.25) is 5.02 Å². The molecule has 2 amide bonds. The van der Waals surface area contributed by atoms with Crippen LogP contribution in [-0.4, -0.2) is 35.1 Å². The number of carbonyl (C=O) groups excluding carboxylic acids is 2. The number of halogens is 2. The molecule has 0 aliphatic rings. The number of hydrogen-bond acceptors (Lipinski definition) is 3. The van der Waals surface area contributed by atoms with E-state index in [2.05, 4.69) is 5.32 Å². The van der Waals surface area contributed by atoms with Crippen LogP contribution in [-0.2, 0) is 21.9 Å². The number of amides is 2. The Morgan fingerprint density at radius 3 is 2.45 bits per heavy atom. The molecule has 2 aromatic rings. The van der Waals surface area contributed by atoms with Crippen LogP contribution in [0.25, 0.3) is 0 Å². The molecular weight excluding hydrogens is 411 g/mol. The second-order valence-electron chi connectivity index (χ2n) is 6.66. The molecular formula is C22H26ClFN2O2S. The molecule has 0 radical (unpaired) electrons. The zero-order chi connectivity index (χ0) is 21.2. The largest absolute Gasteiger partial charge is 0.354 e. The maximum absolute atomic E-state index is 14.1. The summed E-state index contributed by atoms with van der Waals surface area (Å²) < 4.78 is 14.1. The van der Waals surface area contributed by atoms with Gasteiger partial charge in [0.2, 0.25) is 11.8 Å². The summed E-state index contributed by atoms with van der Waals surface area (Å²) in [6.07, 6.45) is 0.799. The predicted molar refractivity (Wildman–Crippen MR) is 117 cm³/mol. The Kier molecular flexibility index (Phi) is 9.48. The summed E-state index contributed by atoms with van der Waals surface area (Å²) in [6, 6.07) is 13.1. The van der Waals surface area contributed by atoms with Crippen LogP contribution in [0.15, 0.2) is 48.5 Å². The Morgan fingerprint density at radius 2 is 1.79 bits per heavy atom. The number of nitrogens with zero attached hydrogens (tertiary/aromatic N) is 1. The van der Waals surface area contributed by atoms with E-state index in [1.807, 2.05) is 31.2 Å². The van der Waals surface area contributed by atoms with Crippen LogP contribution in [0, 0.1) is 5.82 Å². The van der Waals surface area contributed by atoms with Crippen molar-refractivity contribution >= 4 is 35.2 Å². The molecule has 0 fully saturated rings. The van der Waals surface area contributed by atoms with Crippen LogP contribution >= 0.6 is 23.4 Å². The van der Waals surface area contributed by atoms with E-state index in [9.17, 15) is 14.0 Å². The van der Waals surface area contributed by atoms with Crippen LogP contribution in [0.4, 0.5) is 4.39 Å². The topological polar surface area (TPSA) is 49.4 Å². The molecule has 0 aromatic heterocycles. The molecule has 0 heterocycles. The SMILES string of the molecule is CCCNC(=O)[C@H](C)N(Cc1ccccc1F)C(=O)CSCc1ccccc1Cl. The number of thioether (sulfide) groups is 1. The highest BCUT2D eigenvalue weighted by Crippen LogP contribution is 2.22. The van der Waals surface area contributed by atoms with Crippen molar-refractivity contribution in [3.63, 3.8) is 0 Å². The van der Waals surface area contributed by atoms with Gasteiger partial charge in [0.05, 0.1) is 5.75 Å². The van der Waals surface area contributed by atoms with Crippen molar-refractivity contribution in [2.75, 3.05) is 12.3 Å². The summed E-state index contributed by atoms with van der Waals surface area (Å²) in [5.41, 5.74) is 1.33. The van der Waals surface area contributed by atoms with Crippen molar-refractivity contribution in [3.05, 3.63) is 70.5 Å². The lowest BCUT2D eigenvalue weighted by Gasteiger charge is -2.29. The van der Waals surface area contributed by atoms with Crippen molar-refractivity contribution in [3.8, 4) is 0 Å². The standard InChI is InChI=1S/C22H26ClFN2O2S/c1-3-12-25-22(28)16(2)26(13-17-8-5-7-11-20(17)24)21(27)15-29-14-18-9-4-6-10-19(18)23/h4-11,16H,3,12-15H2,1-2H3,(H,25,28)/t16-/m0/s1. The number of rotatable bonds is 10. The third-order valence-electron chi connectivity index (χ3n) is 4.46. The van der Waals surface area contributed by atoms with Gasteiger partial charge in [0.25, 0.3) is 0 Å². The Bertz CT molecular complexity index is 834. The summed E-state index contributed by atoms with van der Waals surface area (Å²) in [5, 5.41) is 3.46. The minimum atomic E-state index is -0.699. The molecule has 7 heteroatoms. The van der Waals surface area contributed by atoms with Gasteiger partial charge in [-0.15, -0.1) is 11.8 Å². The van der Waals surface area contributed by atoms with Gasteiger partial charge in [0.1, 0.15) is 11.9 Å². The first-order valence-corrected chi connectivity index (χ1v) is 11.1. The summed E-state index contributed by atoms with van der Waals surface area (Å²) in [6.45, 7) is 4.20. The minimum absolute atomic E-state index is 0.0405. The molecule has 1 atom stereocenters. The first kappa shape index (κ1) is 23.2. The lowest BCUT2D eigenvalue weighted by molar-refractivity contribution is -0.138. The molecule has 2 aromatic carbocycles. The summed E-state index contributed by atoms with van der Waals surface area (Å²) >= 11 is 7.58. The maximum Gasteiger partial charge on any atom is 0.242 e. The van der Waals surface area contributed by atoms with Crippen LogP contribution in [0.3, 0.4) is 0 Å². The third kappa shape index (κ3) is 7.05. The summed E-state index contributed by atoms with van der Waals surface area (Å²) in [4.78, 5) is 26.8. The molecule has 2 rings (SSSR count). The first-order chi connectivity index (χ1) is 13.9. The van der Waals surface area contributed by atoms with E-state index in [0.717, 1.165) is 12.0 Å². The molecule has 0 bridgehead atoms. The molecule has 29 heavy (non-hydrogen) atoms.